The Morgan fingerprint density at radius 1 is 0.839 bits per heavy atom. The van der Waals surface area contributed by atoms with Crippen LogP contribution in [-0.2, 0) is 28.4 Å². The van der Waals surface area contributed by atoms with Crippen molar-refractivity contribution >= 4 is 0 Å². The summed E-state index contributed by atoms with van der Waals surface area (Å²) in [4.78, 5) is 0. The average Bonchev–Trinajstić information content (AvgIpc) is 3.56. The molecular formula is C41H70O15. The van der Waals surface area contributed by atoms with E-state index in [0.29, 0.717) is 32.1 Å². The summed E-state index contributed by atoms with van der Waals surface area (Å²) in [6.45, 7) is 9.69. The molecule has 2 aliphatic heterocycles. The molecule has 0 aromatic carbocycles. The third kappa shape index (κ3) is 7.68. The van der Waals surface area contributed by atoms with Crippen molar-refractivity contribution in [2.75, 3.05) is 34.0 Å². The second-order valence-corrected chi connectivity index (χ2v) is 18.8. The molecule has 6 rings (SSSR count). The van der Waals surface area contributed by atoms with E-state index in [1.165, 1.54) is 14.2 Å². The highest BCUT2D eigenvalue weighted by Crippen LogP contribution is 2.69. The minimum Gasteiger partial charge on any atom is -0.394 e. The summed E-state index contributed by atoms with van der Waals surface area (Å²) in [5, 5.41) is 100. The SMILES string of the molecule is COC1COC(OC2C(OCC(C=CC(C)C3C(O)C(O)C4C3(C)CCC3C5(C)CCC(O)CC5C(O)CC34O)C(C)C)OC(C(O)CO)C2O)C(OC)C1O. The van der Waals surface area contributed by atoms with Crippen LogP contribution in [0, 0.1) is 52.3 Å². The molecule has 0 aromatic heterocycles. The van der Waals surface area contributed by atoms with Gasteiger partial charge >= 0.3 is 0 Å². The van der Waals surface area contributed by atoms with Gasteiger partial charge in [-0.15, -0.1) is 0 Å². The molecule has 22 unspecified atom stereocenters. The Morgan fingerprint density at radius 2 is 1.54 bits per heavy atom. The van der Waals surface area contributed by atoms with E-state index in [4.69, 9.17) is 28.4 Å². The van der Waals surface area contributed by atoms with Crippen molar-refractivity contribution in [3.8, 4) is 0 Å². The summed E-state index contributed by atoms with van der Waals surface area (Å²) >= 11 is 0. The standard InChI is InChI=1S/C41H70O15/c1-19(2)21(17-53-38-35(32(49)33(55-38)25(45)16-42)56-37-34(52-7)29(46)26(51-6)18-54-37)9-8-20(3)28-30(47)31(48)36-40(28,5)13-11-27-39(4)12-10-22(43)14-23(39)24(44)15-41(27,36)50/h8-9,19-38,42-50H,10-18H2,1-7H3. The monoisotopic (exact) mass is 802 g/mol. The largest absolute Gasteiger partial charge is 0.394 e. The molecule has 56 heavy (non-hydrogen) atoms. The quantitative estimate of drug-likeness (QED) is 0.112. The molecule has 22 atom stereocenters. The molecular weight excluding hydrogens is 732 g/mol. The highest BCUT2D eigenvalue weighted by atomic mass is 16.8. The number of hydrogen-bond donors (Lipinski definition) is 9. The number of fused-ring (bicyclic) bond motifs is 5. The first-order valence-electron chi connectivity index (χ1n) is 20.8. The molecule has 0 spiro atoms. The molecule has 0 bridgehead atoms. The third-order valence-corrected chi connectivity index (χ3v) is 15.4. The summed E-state index contributed by atoms with van der Waals surface area (Å²) < 4.78 is 34.9. The maximum absolute atomic E-state index is 12.7. The van der Waals surface area contributed by atoms with Gasteiger partial charge in [0.1, 0.15) is 42.7 Å². The number of aliphatic hydroxyl groups excluding tert-OH is 8. The zero-order chi connectivity index (χ0) is 41.1. The number of rotatable bonds is 13. The van der Waals surface area contributed by atoms with Crippen LogP contribution in [0.1, 0.15) is 73.1 Å². The maximum atomic E-state index is 12.7. The van der Waals surface area contributed by atoms with Crippen molar-refractivity contribution in [1.82, 2.24) is 0 Å². The van der Waals surface area contributed by atoms with Crippen LogP contribution in [-0.4, -0.2) is 165 Å². The van der Waals surface area contributed by atoms with Crippen molar-refractivity contribution in [3.63, 3.8) is 0 Å². The molecule has 0 amide bonds. The lowest BCUT2D eigenvalue weighted by atomic mass is 9.42. The highest BCUT2D eigenvalue weighted by molar-refractivity contribution is 5.22. The number of allylic oxidation sites excluding steroid dienone is 1. The van der Waals surface area contributed by atoms with E-state index < -0.39 is 115 Å². The third-order valence-electron chi connectivity index (χ3n) is 15.4. The van der Waals surface area contributed by atoms with Crippen molar-refractivity contribution < 1.29 is 74.4 Å². The fraction of sp³-hybridized carbons (Fsp3) is 0.951. The van der Waals surface area contributed by atoms with Gasteiger partial charge in [0.25, 0.3) is 0 Å². The molecule has 4 saturated carbocycles. The Balaban J connectivity index is 1.17. The summed E-state index contributed by atoms with van der Waals surface area (Å²) in [5.74, 6) is -1.71. The highest BCUT2D eigenvalue weighted by Gasteiger charge is 2.72. The van der Waals surface area contributed by atoms with E-state index in [0.717, 1.165) is 0 Å². The normalized spacial score (nSPS) is 51.1. The smallest absolute Gasteiger partial charge is 0.187 e. The first kappa shape index (κ1) is 44.7. The number of methoxy groups -OCH3 is 2. The molecule has 0 aromatic rings. The molecule has 15 heteroatoms. The summed E-state index contributed by atoms with van der Waals surface area (Å²) in [5.41, 5.74) is -2.41. The number of aliphatic hydroxyl groups is 9. The lowest BCUT2D eigenvalue weighted by molar-refractivity contribution is -0.310. The Bertz CT molecular complexity index is 1340. The molecule has 6 fully saturated rings. The first-order chi connectivity index (χ1) is 26.4. The van der Waals surface area contributed by atoms with Gasteiger partial charge in [0.15, 0.2) is 12.6 Å². The Hall–Kier alpha value is -0.860. The predicted molar refractivity (Wildman–Crippen MR) is 199 cm³/mol. The zero-order valence-corrected chi connectivity index (χ0v) is 34.0. The van der Waals surface area contributed by atoms with Crippen molar-refractivity contribution in [3.05, 3.63) is 12.2 Å². The van der Waals surface area contributed by atoms with Gasteiger partial charge < -0.3 is 74.4 Å². The fourth-order valence-electron chi connectivity index (χ4n) is 12.4. The van der Waals surface area contributed by atoms with Crippen molar-refractivity contribution in [1.29, 1.82) is 0 Å². The van der Waals surface area contributed by atoms with Gasteiger partial charge in [0, 0.05) is 32.5 Å². The molecule has 0 radical (unpaired) electrons. The van der Waals surface area contributed by atoms with E-state index in [9.17, 15) is 46.0 Å². The molecule has 15 nitrogen and oxygen atoms in total. The van der Waals surface area contributed by atoms with Crippen LogP contribution in [0.5, 0.6) is 0 Å². The van der Waals surface area contributed by atoms with Gasteiger partial charge in [0.2, 0.25) is 0 Å². The molecule has 324 valence electrons. The van der Waals surface area contributed by atoms with Crippen LogP contribution in [0.2, 0.25) is 0 Å². The minimum absolute atomic E-state index is 0.00230. The van der Waals surface area contributed by atoms with E-state index in [1.54, 1.807) is 0 Å². The van der Waals surface area contributed by atoms with Crippen LogP contribution < -0.4 is 0 Å². The first-order valence-corrected chi connectivity index (χ1v) is 20.8. The van der Waals surface area contributed by atoms with Crippen LogP contribution >= 0.6 is 0 Å². The van der Waals surface area contributed by atoms with Gasteiger partial charge in [-0.05, 0) is 72.5 Å². The Kier molecular flexibility index (Phi) is 13.8. The van der Waals surface area contributed by atoms with Crippen LogP contribution in [0.25, 0.3) is 0 Å². The number of hydrogen-bond acceptors (Lipinski definition) is 15. The van der Waals surface area contributed by atoms with Gasteiger partial charge in [-0.25, -0.2) is 0 Å². The van der Waals surface area contributed by atoms with Crippen molar-refractivity contribution in [2.45, 2.75) is 158 Å². The molecule has 2 heterocycles. The molecule has 2 saturated heterocycles. The van der Waals surface area contributed by atoms with E-state index >= 15 is 0 Å². The summed E-state index contributed by atoms with van der Waals surface area (Å²) in [6.07, 6.45) is -6.57. The second-order valence-electron chi connectivity index (χ2n) is 18.8. The summed E-state index contributed by atoms with van der Waals surface area (Å²) in [6, 6.07) is 0. The fourth-order valence-corrected chi connectivity index (χ4v) is 12.4. The lowest BCUT2D eigenvalue weighted by Crippen LogP contribution is -2.68. The van der Waals surface area contributed by atoms with Gasteiger partial charge in [-0.3, -0.25) is 0 Å². The summed E-state index contributed by atoms with van der Waals surface area (Å²) in [7, 11) is 2.83. The van der Waals surface area contributed by atoms with Crippen LogP contribution in [0.15, 0.2) is 12.2 Å². The maximum Gasteiger partial charge on any atom is 0.187 e. The van der Waals surface area contributed by atoms with Crippen LogP contribution in [0.4, 0.5) is 0 Å². The Morgan fingerprint density at radius 3 is 2.18 bits per heavy atom. The zero-order valence-electron chi connectivity index (χ0n) is 34.0. The average molecular weight is 803 g/mol. The number of ether oxygens (including phenoxy) is 6. The van der Waals surface area contributed by atoms with Crippen LogP contribution in [0.3, 0.4) is 0 Å². The van der Waals surface area contributed by atoms with E-state index in [2.05, 4.69) is 13.8 Å². The molecule has 9 N–H and O–H groups in total. The lowest BCUT2D eigenvalue weighted by Gasteiger charge is -2.65. The molecule has 6 aliphatic rings. The van der Waals surface area contributed by atoms with Crippen molar-refractivity contribution in [2.24, 2.45) is 52.3 Å². The van der Waals surface area contributed by atoms with E-state index in [-0.39, 0.29) is 49.2 Å². The molecule has 4 aliphatic carbocycles. The Labute approximate surface area is 330 Å². The van der Waals surface area contributed by atoms with Gasteiger partial charge in [0.05, 0.1) is 49.8 Å². The van der Waals surface area contributed by atoms with E-state index in [1.807, 2.05) is 32.9 Å². The topological polar surface area (TPSA) is 237 Å². The predicted octanol–water partition coefficient (Wildman–Crippen LogP) is 0.0860. The van der Waals surface area contributed by atoms with Gasteiger partial charge in [-0.1, -0.05) is 46.8 Å². The second kappa shape index (κ2) is 17.3. The minimum atomic E-state index is -1.43. The van der Waals surface area contributed by atoms with Gasteiger partial charge in [-0.2, -0.15) is 0 Å².